The van der Waals surface area contributed by atoms with Crippen LogP contribution in [0.25, 0.3) is 5.57 Å². The van der Waals surface area contributed by atoms with Gasteiger partial charge in [-0.15, -0.1) is 11.3 Å². The zero-order chi connectivity index (χ0) is 15.8. The monoisotopic (exact) mass is 306 g/mol. The molecule has 0 aromatic carbocycles. The van der Waals surface area contributed by atoms with E-state index in [1.165, 1.54) is 0 Å². The first kappa shape index (κ1) is 15.8. The summed E-state index contributed by atoms with van der Waals surface area (Å²) in [5.74, 6) is 0. The van der Waals surface area contributed by atoms with Crippen LogP contribution in [0.4, 0.5) is 4.79 Å². The van der Waals surface area contributed by atoms with E-state index in [1.807, 2.05) is 27.7 Å². The number of carbonyl (C=O) groups is 1. The second kappa shape index (κ2) is 5.64. The molecule has 5 heteroatoms. The van der Waals surface area contributed by atoms with Gasteiger partial charge < -0.3 is 9.64 Å². The quantitative estimate of drug-likeness (QED) is 0.775. The van der Waals surface area contributed by atoms with Crippen molar-refractivity contribution in [3.8, 4) is 0 Å². The van der Waals surface area contributed by atoms with Crippen LogP contribution in [0.2, 0.25) is 0 Å². The Morgan fingerprint density at radius 1 is 1.38 bits per heavy atom. The lowest BCUT2D eigenvalue weighted by Gasteiger charge is -2.29. The van der Waals surface area contributed by atoms with Gasteiger partial charge >= 0.3 is 6.09 Å². The Kier molecular flexibility index (Phi) is 4.23. The second-order valence-corrected chi connectivity index (χ2v) is 7.38. The number of allylic oxidation sites excluding steroid dienone is 2. The molecule has 0 N–H and O–H groups in total. The molecule has 4 nitrogen and oxygen atoms in total. The smallest absolute Gasteiger partial charge is 0.410 e. The number of rotatable bonds is 2. The molecule has 21 heavy (non-hydrogen) atoms. The second-order valence-electron chi connectivity index (χ2n) is 6.30. The Bertz CT molecular complexity index is 596. The van der Waals surface area contributed by atoms with Crippen LogP contribution in [0.5, 0.6) is 0 Å². The minimum absolute atomic E-state index is 0.262. The fourth-order valence-corrected chi connectivity index (χ4v) is 3.16. The molecule has 1 aliphatic heterocycles. The third-order valence-electron chi connectivity index (χ3n) is 3.16. The summed E-state index contributed by atoms with van der Waals surface area (Å²) in [7, 11) is 0. The standard InChI is InChI=1S/C16H22N2O2S/c1-10(2)11(3)14-17-12-7-8-18(9-13(12)21-14)15(19)20-16(4,5)6/h1,3,7-9H2,2,4-6H3. The van der Waals surface area contributed by atoms with Crippen LogP contribution in [0, 0.1) is 0 Å². The van der Waals surface area contributed by atoms with Gasteiger partial charge in [0.05, 0.1) is 12.2 Å². The number of aromatic nitrogens is 1. The molecule has 114 valence electrons. The molecule has 0 saturated carbocycles. The maximum absolute atomic E-state index is 12.1. The Labute approximate surface area is 130 Å². The Balaban J connectivity index is 2.12. The first-order chi connectivity index (χ1) is 9.67. The maximum atomic E-state index is 12.1. The number of hydrogen-bond donors (Lipinski definition) is 0. The largest absolute Gasteiger partial charge is 0.444 e. The SMILES string of the molecule is C=C(C)C(=C)c1nc2c(s1)CN(C(=O)OC(C)(C)C)CC2. The van der Waals surface area contributed by atoms with Crippen molar-refractivity contribution in [2.45, 2.75) is 46.3 Å². The molecule has 0 radical (unpaired) electrons. The number of nitrogens with zero attached hydrogens (tertiary/aromatic N) is 2. The van der Waals surface area contributed by atoms with Gasteiger partial charge in [-0.25, -0.2) is 9.78 Å². The number of hydrogen-bond acceptors (Lipinski definition) is 4. The van der Waals surface area contributed by atoms with Crippen molar-refractivity contribution in [1.82, 2.24) is 9.88 Å². The van der Waals surface area contributed by atoms with Crippen molar-refractivity contribution in [3.63, 3.8) is 0 Å². The van der Waals surface area contributed by atoms with E-state index in [-0.39, 0.29) is 6.09 Å². The van der Waals surface area contributed by atoms with E-state index in [1.54, 1.807) is 16.2 Å². The Morgan fingerprint density at radius 3 is 2.62 bits per heavy atom. The topological polar surface area (TPSA) is 42.4 Å². The van der Waals surface area contributed by atoms with Crippen LogP contribution < -0.4 is 0 Å². The van der Waals surface area contributed by atoms with E-state index in [0.29, 0.717) is 13.1 Å². The van der Waals surface area contributed by atoms with E-state index in [4.69, 9.17) is 4.74 Å². The lowest BCUT2D eigenvalue weighted by Crippen LogP contribution is -2.39. The van der Waals surface area contributed by atoms with Crippen LogP contribution in [0.3, 0.4) is 0 Å². The van der Waals surface area contributed by atoms with E-state index >= 15 is 0 Å². The summed E-state index contributed by atoms with van der Waals surface area (Å²) in [4.78, 5) is 19.6. The molecule has 0 bridgehead atoms. The van der Waals surface area contributed by atoms with Crippen molar-refractivity contribution in [2.75, 3.05) is 6.54 Å². The van der Waals surface area contributed by atoms with Gasteiger partial charge in [-0.3, -0.25) is 0 Å². The number of thiazole rings is 1. The number of fused-ring (bicyclic) bond motifs is 1. The molecule has 0 atom stereocenters. The summed E-state index contributed by atoms with van der Waals surface area (Å²) >= 11 is 1.59. The minimum atomic E-state index is -0.468. The van der Waals surface area contributed by atoms with Crippen molar-refractivity contribution < 1.29 is 9.53 Å². The Morgan fingerprint density at radius 2 is 2.05 bits per heavy atom. The first-order valence-corrected chi connectivity index (χ1v) is 7.80. The van der Waals surface area contributed by atoms with Gasteiger partial charge in [0.1, 0.15) is 10.6 Å². The maximum Gasteiger partial charge on any atom is 0.410 e. The summed E-state index contributed by atoms with van der Waals surface area (Å²) in [6, 6.07) is 0. The number of carbonyl (C=O) groups excluding carboxylic acids is 1. The molecule has 1 aliphatic rings. The molecule has 1 aromatic rings. The number of ether oxygens (including phenoxy) is 1. The van der Waals surface area contributed by atoms with Gasteiger partial charge in [-0.05, 0) is 33.3 Å². The van der Waals surface area contributed by atoms with Crippen LogP contribution in [0.1, 0.15) is 43.3 Å². The van der Waals surface area contributed by atoms with Gasteiger partial charge in [0.15, 0.2) is 0 Å². The molecule has 2 rings (SSSR count). The molecule has 1 amide bonds. The third kappa shape index (κ3) is 3.73. The normalized spacial score (nSPS) is 14.6. The van der Waals surface area contributed by atoms with Crippen molar-refractivity contribution in [2.24, 2.45) is 0 Å². The summed E-state index contributed by atoms with van der Waals surface area (Å²) < 4.78 is 5.42. The molecule has 2 heterocycles. The van der Waals surface area contributed by atoms with Crippen LogP contribution in [-0.4, -0.2) is 28.1 Å². The van der Waals surface area contributed by atoms with E-state index < -0.39 is 5.60 Å². The first-order valence-electron chi connectivity index (χ1n) is 6.99. The highest BCUT2D eigenvalue weighted by atomic mass is 32.1. The minimum Gasteiger partial charge on any atom is -0.444 e. The number of amides is 1. The van der Waals surface area contributed by atoms with Crippen molar-refractivity contribution >= 4 is 23.0 Å². The summed E-state index contributed by atoms with van der Waals surface area (Å²) in [5, 5.41) is 0.901. The third-order valence-corrected chi connectivity index (χ3v) is 4.30. The van der Waals surface area contributed by atoms with Gasteiger partial charge in [0.2, 0.25) is 0 Å². The lowest BCUT2D eigenvalue weighted by molar-refractivity contribution is 0.0225. The van der Waals surface area contributed by atoms with Gasteiger partial charge in [0, 0.05) is 23.4 Å². The zero-order valence-electron chi connectivity index (χ0n) is 13.2. The average molecular weight is 306 g/mol. The molecule has 0 aliphatic carbocycles. The summed E-state index contributed by atoms with van der Waals surface area (Å²) in [6.07, 6.45) is 0.496. The highest BCUT2D eigenvalue weighted by Gasteiger charge is 2.28. The van der Waals surface area contributed by atoms with Crippen molar-refractivity contribution in [3.05, 3.63) is 34.3 Å². The highest BCUT2D eigenvalue weighted by Crippen LogP contribution is 2.31. The zero-order valence-corrected chi connectivity index (χ0v) is 14.0. The van der Waals surface area contributed by atoms with Crippen LogP contribution in [-0.2, 0) is 17.7 Å². The predicted octanol–water partition coefficient (Wildman–Crippen LogP) is 4.03. The molecule has 0 unspecified atom stereocenters. The predicted molar refractivity (Wildman–Crippen MR) is 86.3 cm³/mol. The molecule has 0 saturated heterocycles. The fourth-order valence-electron chi connectivity index (χ4n) is 1.99. The molecular weight excluding hydrogens is 284 g/mol. The fraction of sp³-hybridized carbons (Fsp3) is 0.500. The average Bonchev–Trinajstić information content (AvgIpc) is 2.77. The Hall–Kier alpha value is -1.62. The summed E-state index contributed by atoms with van der Waals surface area (Å²) in [5.41, 5.74) is 2.39. The van der Waals surface area contributed by atoms with Gasteiger partial charge in [0.25, 0.3) is 0 Å². The molecular formula is C16H22N2O2S. The molecule has 1 aromatic heterocycles. The highest BCUT2D eigenvalue weighted by molar-refractivity contribution is 7.12. The summed E-state index contributed by atoms with van der Waals surface area (Å²) in [6.45, 7) is 16.7. The van der Waals surface area contributed by atoms with Gasteiger partial charge in [-0.2, -0.15) is 0 Å². The van der Waals surface area contributed by atoms with E-state index in [2.05, 4.69) is 18.1 Å². The lowest BCUT2D eigenvalue weighted by atomic mass is 10.1. The van der Waals surface area contributed by atoms with Crippen LogP contribution in [0.15, 0.2) is 18.7 Å². The van der Waals surface area contributed by atoms with E-state index in [0.717, 1.165) is 33.1 Å². The van der Waals surface area contributed by atoms with E-state index in [9.17, 15) is 4.79 Å². The van der Waals surface area contributed by atoms with Crippen LogP contribution >= 0.6 is 11.3 Å². The van der Waals surface area contributed by atoms with Gasteiger partial charge in [-0.1, -0.05) is 13.2 Å². The molecule has 0 fully saturated rings. The molecule has 0 spiro atoms. The van der Waals surface area contributed by atoms with Crippen molar-refractivity contribution in [1.29, 1.82) is 0 Å².